The van der Waals surface area contributed by atoms with Crippen LogP contribution >= 0.6 is 34.7 Å². The van der Waals surface area contributed by atoms with Gasteiger partial charge in [-0.1, -0.05) is 22.9 Å². The molecule has 1 aromatic heterocycles. The molecule has 1 saturated heterocycles. The van der Waals surface area contributed by atoms with E-state index in [0.29, 0.717) is 10.0 Å². The first-order chi connectivity index (χ1) is 8.29. The molecule has 0 aromatic carbocycles. The van der Waals surface area contributed by atoms with Gasteiger partial charge in [-0.25, -0.2) is 4.98 Å². The Bertz CT molecular complexity index is 409. The maximum absolute atomic E-state index is 8.76. The van der Waals surface area contributed by atoms with Crippen LogP contribution in [-0.2, 0) is 0 Å². The first-order valence-electron chi connectivity index (χ1n) is 5.40. The van der Waals surface area contributed by atoms with Gasteiger partial charge in [0.1, 0.15) is 10.9 Å². The number of hydrogen-bond acceptors (Lipinski definition) is 6. The second kappa shape index (κ2) is 6.45. The molecule has 0 radical (unpaired) electrons. The Morgan fingerprint density at radius 3 is 2.88 bits per heavy atom. The van der Waals surface area contributed by atoms with Crippen molar-refractivity contribution >= 4 is 39.8 Å². The molecule has 92 valence electrons. The van der Waals surface area contributed by atoms with Crippen molar-refractivity contribution in [3.8, 4) is 6.07 Å². The molecule has 2 rings (SSSR count). The number of rotatable bonds is 4. The molecule has 0 atom stereocenters. The zero-order valence-electron chi connectivity index (χ0n) is 9.28. The van der Waals surface area contributed by atoms with E-state index in [9.17, 15) is 0 Å². The Morgan fingerprint density at radius 2 is 2.24 bits per heavy atom. The molecule has 0 saturated carbocycles. The lowest BCUT2D eigenvalue weighted by atomic mass is 10.4. The van der Waals surface area contributed by atoms with Gasteiger partial charge in [0.05, 0.1) is 0 Å². The summed E-state index contributed by atoms with van der Waals surface area (Å²) in [5.74, 6) is 2.45. The van der Waals surface area contributed by atoms with Crippen molar-refractivity contribution in [3.05, 3.63) is 10.0 Å². The van der Waals surface area contributed by atoms with E-state index in [0.717, 1.165) is 31.3 Å². The Morgan fingerprint density at radius 1 is 1.47 bits per heavy atom. The normalized spacial score (nSPS) is 16.7. The number of hydrogen-bond donors (Lipinski definition) is 1. The van der Waals surface area contributed by atoms with Gasteiger partial charge in [-0.2, -0.15) is 17.0 Å². The molecule has 0 bridgehead atoms. The molecular weight excluding hydrogens is 276 g/mol. The van der Waals surface area contributed by atoms with E-state index in [-0.39, 0.29) is 0 Å². The fraction of sp³-hybridized carbons (Fsp3) is 0.600. The molecule has 1 N–H and O–H groups in total. The smallest absolute Gasteiger partial charge is 0.185 e. The molecule has 0 amide bonds. The molecule has 0 spiro atoms. The van der Waals surface area contributed by atoms with E-state index in [2.05, 4.69) is 15.2 Å². The van der Waals surface area contributed by atoms with E-state index in [1.54, 1.807) is 0 Å². The third-order valence-electron chi connectivity index (χ3n) is 2.50. The highest BCUT2D eigenvalue weighted by atomic mass is 35.5. The van der Waals surface area contributed by atoms with Crippen molar-refractivity contribution in [3.63, 3.8) is 0 Å². The molecule has 1 fully saturated rings. The number of aromatic nitrogens is 1. The van der Waals surface area contributed by atoms with E-state index in [1.807, 2.05) is 17.8 Å². The fourth-order valence-electron chi connectivity index (χ4n) is 1.59. The van der Waals surface area contributed by atoms with E-state index in [4.69, 9.17) is 16.9 Å². The summed E-state index contributed by atoms with van der Waals surface area (Å²) in [7, 11) is 0. The van der Waals surface area contributed by atoms with Gasteiger partial charge in [0.15, 0.2) is 10.3 Å². The van der Waals surface area contributed by atoms with Gasteiger partial charge < -0.3 is 5.32 Å². The molecule has 2 heterocycles. The second-order valence-corrected chi connectivity index (χ2v) is 6.21. The topological polar surface area (TPSA) is 52.0 Å². The molecule has 1 aromatic rings. The van der Waals surface area contributed by atoms with Crippen LogP contribution in [0.5, 0.6) is 0 Å². The maximum atomic E-state index is 8.76. The third-order valence-corrected chi connectivity index (χ3v) is 4.74. The van der Waals surface area contributed by atoms with Crippen LogP contribution < -0.4 is 5.32 Å². The molecule has 1 aliphatic heterocycles. The molecule has 0 aliphatic carbocycles. The summed E-state index contributed by atoms with van der Waals surface area (Å²) in [6.07, 6.45) is 0. The summed E-state index contributed by atoms with van der Waals surface area (Å²) in [5, 5.41) is 13.0. The predicted octanol–water partition coefficient (Wildman–Crippen LogP) is 2.13. The Balaban J connectivity index is 1.75. The minimum absolute atomic E-state index is 0.300. The van der Waals surface area contributed by atoms with Crippen LogP contribution in [-0.4, -0.2) is 47.6 Å². The SMILES string of the molecule is N#Cc1sc(NCCN2CCSCC2)nc1Cl. The number of halogens is 1. The third kappa shape index (κ3) is 3.75. The van der Waals surface area contributed by atoms with Crippen LogP contribution in [0.15, 0.2) is 0 Å². The first-order valence-corrected chi connectivity index (χ1v) is 7.75. The van der Waals surface area contributed by atoms with Gasteiger partial charge in [-0.15, -0.1) is 0 Å². The lowest BCUT2D eigenvalue weighted by Crippen LogP contribution is -2.36. The highest BCUT2D eigenvalue weighted by molar-refractivity contribution is 7.99. The van der Waals surface area contributed by atoms with Gasteiger partial charge in [-0.05, 0) is 0 Å². The molecular formula is C10H13ClN4S2. The molecule has 7 heteroatoms. The number of anilines is 1. The largest absolute Gasteiger partial charge is 0.360 e. The van der Waals surface area contributed by atoms with Crippen molar-refractivity contribution in [1.29, 1.82) is 5.26 Å². The van der Waals surface area contributed by atoms with Crippen molar-refractivity contribution < 1.29 is 0 Å². The molecule has 17 heavy (non-hydrogen) atoms. The predicted molar refractivity (Wildman–Crippen MR) is 74.1 cm³/mol. The summed E-state index contributed by atoms with van der Waals surface area (Å²) in [5.41, 5.74) is 0. The van der Waals surface area contributed by atoms with Crippen LogP contribution in [0, 0.1) is 11.3 Å². The Hall–Kier alpha value is -0.480. The maximum Gasteiger partial charge on any atom is 0.185 e. The van der Waals surface area contributed by atoms with Crippen molar-refractivity contribution in [1.82, 2.24) is 9.88 Å². The van der Waals surface area contributed by atoms with E-state index >= 15 is 0 Å². The van der Waals surface area contributed by atoms with Gasteiger partial charge >= 0.3 is 0 Å². The van der Waals surface area contributed by atoms with E-state index < -0.39 is 0 Å². The van der Waals surface area contributed by atoms with Crippen LogP contribution in [0.25, 0.3) is 0 Å². The van der Waals surface area contributed by atoms with Gasteiger partial charge in [0.2, 0.25) is 0 Å². The number of thiazole rings is 1. The van der Waals surface area contributed by atoms with Crippen LogP contribution in [0.1, 0.15) is 4.88 Å². The molecule has 4 nitrogen and oxygen atoms in total. The first kappa shape index (κ1) is 13.0. The monoisotopic (exact) mass is 288 g/mol. The zero-order chi connectivity index (χ0) is 12.1. The lowest BCUT2D eigenvalue weighted by Gasteiger charge is -2.25. The van der Waals surface area contributed by atoms with E-state index in [1.165, 1.54) is 22.8 Å². The average Bonchev–Trinajstić information content (AvgIpc) is 2.71. The number of nitrogens with zero attached hydrogens (tertiary/aromatic N) is 3. The molecule has 0 unspecified atom stereocenters. The summed E-state index contributed by atoms with van der Waals surface area (Å²) in [6, 6.07) is 2.03. The summed E-state index contributed by atoms with van der Waals surface area (Å²) in [6.45, 7) is 4.18. The van der Waals surface area contributed by atoms with Crippen LogP contribution in [0.4, 0.5) is 5.13 Å². The number of nitriles is 1. The van der Waals surface area contributed by atoms with Crippen LogP contribution in [0.3, 0.4) is 0 Å². The summed E-state index contributed by atoms with van der Waals surface area (Å²) >= 11 is 9.12. The minimum atomic E-state index is 0.300. The number of thioether (sulfide) groups is 1. The lowest BCUT2D eigenvalue weighted by molar-refractivity contribution is 0.314. The summed E-state index contributed by atoms with van der Waals surface area (Å²) in [4.78, 5) is 7.00. The minimum Gasteiger partial charge on any atom is -0.360 e. The fourth-order valence-corrected chi connectivity index (χ4v) is 3.54. The number of nitrogens with one attached hydrogen (secondary N) is 1. The average molecular weight is 289 g/mol. The molecule has 1 aliphatic rings. The standard InChI is InChI=1S/C10H13ClN4S2/c11-9-8(7-12)17-10(14-9)13-1-2-15-3-5-16-6-4-15/h1-6H2,(H,13,14). The second-order valence-electron chi connectivity index (χ2n) is 3.63. The highest BCUT2D eigenvalue weighted by Gasteiger charge is 2.11. The van der Waals surface area contributed by atoms with Crippen molar-refractivity contribution in [2.24, 2.45) is 0 Å². The zero-order valence-corrected chi connectivity index (χ0v) is 11.7. The Labute approximate surface area is 114 Å². The quantitative estimate of drug-likeness (QED) is 0.920. The van der Waals surface area contributed by atoms with Crippen molar-refractivity contribution in [2.45, 2.75) is 0 Å². The van der Waals surface area contributed by atoms with Crippen LogP contribution in [0.2, 0.25) is 5.15 Å². The van der Waals surface area contributed by atoms with Crippen molar-refractivity contribution in [2.75, 3.05) is 43.0 Å². The summed E-state index contributed by atoms with van der Waals surface area (Å²) < 4.78 is 0. The van der Waals surface area contributed by atoms with Gasteiger partial charge in [0, 0.05) is 37.7 Å². The van der Waals surface area contributed by atoms with Gasteiger partial charge in [0.25, 0.3) is 0 Å². The Kier molecular flexibility index (Phi) is 4.92. The highest BCUT2D eigenvalue weighted by Crippen LogP contribution is 2.25. The van der Waals surface area contributed by atoms with Gasteiger partial charge in [-0.3, -0.25) is 4.90 Å².